The van der Waals surface area contributed by atoms with Crippen molar-refractivity contribution < 1.29 is 38.4 Å². The molecule has 0 amide bonds. The Morgan fingerprint density at radius 1 is 0.543 bits per heavy atom. The van der Waals surface area contributed by atoms with E-state index < -0.39 is 12.3 Å². The molecule has 35 heavy (non-hydrogen) atoms. The average Bonchev–Trinajstić information content (AvgIpc) is 2.87. The second-order valence-corrected chi connectivity index (χ2v) is 8.40. The number of carbonyl (C=O) groups is 2. The van der Waals surface area contributed by atoms with E-state index in [9.17, 15) is 9.59 Å². The number of hydrogen-bond donors (Lipinski definition) is 1. The minimum Gasteiger partial charge on any atom is -0.434 e. The van der Waals surface area contributed by atoms with Crippen molar-refractivity contribution in [2.24, 2.45) is 0 Å². The van der Waals surface area contributed by atoms with Crippen LogP contribution in [0.2, 0.25) is 0 Å². The third-order valence-electron chi connectivity index (χ3n) is 5.27. The van der Waals surface area contributed by atoms with E-state index in [4.69, 9.17) is 28.8 Å². The number of rotatable bonds is 22. The van der Waals surface area contributed by atoms with E-state index in [0.717, 1.165) is 83.7 Å². The highest BCUT2D eigenvalue weighted by atomic mass is 16.7. The maximum Gasteiger partial charge on any atom is 0.508 e. The summed E-state index contributed by atoms with van der Waals surface area (Å²) in [5.74, 6) is 0. The normalized spacial score (nSPS) is 10.7. The van der Waals surface area contributed by atoms with Gasteiger partial charge in [-0.3, -0.25) is 0 Å². The monoisotopic (exact) mass is 496 g/mol. The fraction of sp³-hybridized carbons (Fsp3) is 0.704. The third kappa shape index (κ3) is 20.7. The van der Waals surface area contributed by atoms with Crippen LogP contribution in [0.3, 0.4) is 0 Å². The molecule has 0 fully saturated rings. The summed E-state index contributed by atoms with van der Waals surface area (Å²) in [5.41, 5.74) is 1.18. The number of unbranched alkanes of at least 4 members (excludes halogenated alkanes) is 9. The van der Waals surface area contributed by atoms with Gasteiger partial charge in [-0.2, -0.15) is 0 Å². The molecule has 0 aliphatic carbocycles. The summed E-state index contributed by atoms with van der Waals surface area (Å²) in [6.07, 6.45) is 9.27. The van der Waals surface area contributed by atoms with Crippen molar-refractivity contribution in [3.8, 4) is 0 Å². The molecule has 8 nitrogen and oxygen atoms in total. The van der Waals surface area contributed by atoms with Crippen LogP contribution in [-0.2, 0) is 30.3 Å². The van der Waals surface area contributed by atoms with Crippen LogP contribution in [0.4, 0.5) is 9.59 Å². The Hall–Kier alpha value is -2.32. The minimum atomic E-state index is -0.630. The molecule has 0 spiro atoms. The van der Waals surface area contributed by atoms with Crippen LogP contribution < -0.4 is 0 Å². The number of hydrogen-bond acceptors (Lipinski definition) is 8. The maximum atomic E-state index is 11.6. The summed E-state index contributed by atoms with van der Waals surface area (Å²) < 4.78 is 25.8. The van der Waals surface area contributed by atoms with Crippen LogP contribution >= 0.6 is 0 Å². The van der Waals surface area contributed by atoms with E-state index in [1.54, 1.807) is 0 Å². The summed E-state index contributed by atoms with van der Waals surface area (Å²) in [6, 6.07) is 10.1. The lowest BCUT2D eigenvalue weighted by Gasteiger charge is -2.07. The fourth-order valence-electron chi connectivity index (χ4n) is 3.25. The Kier molecular flexibility index (Phi) is 20.6. The molecule has 0 saturated heterocycles. The number of aliphatic hydroxyl groups excluding tert-OH is 1. The van der Waals surface area contributed by atoms with Crippen LogP contribution in [0.5, 0.6) is 0 Å². The topological polar surface area (TPSA) is 101 Å². The van der Waals surface area contributed by atoms with Gasteiger partial charge in [-0.05, 0) is 69.8 Å². The second-order valence-electron chi connectivity index (χ2n) is 8.40. The van der Waals surface area contributed by atoms with E-state index in [-0.39, 0.29) is 6.61 Å². The molecular formula is C27H44O8. The molecule has 0 aliphatic heterocycles. The largest absolute Gasteiger partial charge is 0.508 e. The van der Waals surface area contributed by atoms with Crippen LogP contribution in [0.1, 0.15) is 82.6 Å². The first kappa shape index (κ1) is 30.7. The van der Waals surface area contributed by atoms with Gasteiger partial charge >= 0.3 is 12.3 Å². The van der Waals surface area contributed by atoms with Crippen molar-refractivity contribution in [3.63, 3.8) is 0 Å². The molecule has 0 bridgehead atoms. The zero-order valence-corrected chi connectivity index (χ0v) is 21.1. The molecular weight excluding hydrogens is 452 g/mol. The predicted molar refractivity (Wildman–Crippen MR) is 133 cm³/mol. The molecule has 0 radical (unpaired) electrons. The van der Waals surface area contributed by atoms with E-state index in [1.165, 1.54) is 5.56 Å². The van der Waals surface area contributed by atoms with Crippen LogP contribution in [0, 0.1) is 0 Å². The Bertz CT molecular complexity index is 623. The molecule has 1 aromatic rings. The van der Waals surface area contributed by atoms with Crippen molar-refractivity contribution in [3.05, 3.63) is 35.9 Å². The molecule has 0 aliphatic rings. The van der Waals surface area contributed by atoms with Crippen molar-refractivity contribution in [2.45, 2.75) is 83.7 Å². The van der Waals surface area contributed by atoms with Gasteiger partial charge in [-0.25, -0.2) is 9.59 Å². The lowest BCUT2D eigenvalue weighted by Crippen LogP contribution is -2.10. The highest BCUT2D eigenvalue weighted by Crippen LogP contribution is 2.06. The average molecular weight is 497 g/mol. The molecule has 1 aromatic carbocycles. The van der Waals surface area contributed by atoms with Crippen molar-refractivity contribution >= 4 is 12.3 Å². The summed E-state index contributed by atoms with van der Waals surface area (Å²) in [4.78, 5) is 23.0. The maximum absolute atomic E-state index is 11.6. The predicted octanol–water partition coefficient (Wildman–Crippen LogP) is 6.18. The fourth-order valence-corrected chi connectivity index (χ4v) is 3.25. The summed E-state index contributed by atoms with van der Waals surface area (Å²) in [6.45, 7) is 2.96. The molecule has 0 saturated carbocycles. The molecule has 1 rings (SSSR count). The van der Waals surface area contributed by atoms with Gasteiger partial charge in [0.05, 0.1) is 33.0 Å². The quantitative estimate of drug-likeness (QED) is 0.150. The second kappa shape index (κ2) is 23.4. The van der Waals surface area contributed by atoms with Gasteiger partial charge in [-0.15, -0.1) is 0 Å². The van der Waals surface area contributed by atoms with Gasteiger partial charge in [0.15, 0.2) is 0 Å². The Balaban J connectivity index is 1.77. The third-order valence-corrected chi connectivity index (χ3v) is 5.27. The zero-order chi connectivity index (χ0) is 25.2. The van der Waals surface area contributed by atoms with Gasteiger partial charge in [0.25, 0.3) is 0 Å². The Morgan fingerprint density at radius 2 is 0.943 bits per heavy atom. The SMILES string of the molecule is O=C(OCCCCCCO)OCCCCCCOC(=O)OCCCCCCOCc1ccccc1. The molecule has 1 N–H and O–H groups in total. The van der Waals surface area contributed by atoms with Crippen LogP contribution in [-0.4, -0.2) is 57.1 Å². The van der Waals surface area contributed by atoms with Gasteiger partial charge in [0.2, 0.25) is 0 Å². The number of carbonyl (C=O) groups excluding carboxylic acids is 2. The molecule has 200 valence electrons. The molecule has 0 heterocycles. The molecule has 8 heteroatoms. The Morgan fingerprint density at radius 3 is 1.37 bits per heavy atom. The number of aliphatic hydroxyl groups is 1. The van der Waals surface area contributed by atoms with Crippen LogP contribution in [0.25, 0.3) is 0 Å². The van der Waals surface area contributed by atoms with Gasteiger partial charge in [-0.1, -0.05) is 43.2 Å². The molecule has 0 aromatic heterocycles. The standard InChI is InChI=1S/C27H44O8/c28-18-10-1-2-12-20-32-26(29)34-22-14-5-6-15-23-35-27(30)33-21-13-4-3-11-19-31-24-25-16-8-7-9-17-25/h7-9,16-17,28H,1-6,10-15,18-24H2. The van der Waals surface area contributed by atoms with E-state index >= 15 is 0 Å². The van der Waals surface area contributed by atoms with Gasteiger partial charge < -0.3 is 28.8 Å². The first-order valence-electron chi connectivity index (χ1n) is 13.0. The Labute approximate surface area is 210 Å². The lowest BCUT2D eigenvalue weighted by atomic mass is 10.2. The van der Waals surface area contributed by atoms with Gasteiger partial charge in [0.1, 0.15) is 0 Å². The van der Waals surface area contributed by atoms with Crippen molar-refractivity contribution in [2.75, 3.05) is 39.6 Å². The number of ether oxygens (including phenoxy) is 5. The zero-order valence-electron chi connectivity index (χ0n) is 21.1. The first-order chi connectivity index (χ1) is 17.2. The highest BCUT2D eigenvalue weighted by molar-refractivity contribution is 5.60. The van der Waals surface area contributed by atoms with Crippen molar-refractivity contribution in [1.29, 1.82) is 0 Å². The van der Waals surface area contributed by atoms with E-state index in [0.29, 0.717) is 33.0 Å². The number of benzene rings is 1. The van der Waals surface area contributed by atoms with Crippen LogP contribution in [0.15, 0.2) is 30.3 Å². The van der Waals surface area contributed by atoms with Gasteiger partial charge in [0, 0.05) is 13.2 Å². The summed E-state index contributed by atoms with van der Waals surface area (Å²) >= 11 is 0. The first-order valence-corrected chi connectivity index (χ1v) is 13.0. The van der Waals surface area contributed by atoms with E-state index in [2.05, 4.69) is 12.1 Å². The lowest BCUT2D eigenvalue weighted by molar-refractivity contribution is 0.0493. The highest BCUT2D eigenvalue weighted by Gasteiger charge is 2.05. The summed E-state index contributed by atoms with van der Waals surface area (Å²) in [7, 11) is 0. The molecule has 0 atom stereocenters. The molecule has 0 unspecified atom stereocenters. The minimum absolute atomic E-state index is 0.201. The van der Waals surface area contributed by atoms with Crippen molar-refractivity contribution in [1.82, 2.24) is 0 Å². The smallest absolute Gasteiger partial charge is 0.434 e. The summed E-state index contributed by atoms with van der Waals surface area (Å²) in [5, 5.41) is 8.68. The van der Waals surface area contributed by atoms with E-state index in [1.807, 2.05) is 18.2 Å².